The van der Waals surface area contributed by atoms with Crippen LogP contribution in [0.25, 0.3) is 0 Å². The Morgan fingerprint density at radius 3 is 2.88 bits per heavy atom. The average Bonchev–Trinajstić information content (AvgIpc) is 1.83. The molecule has 0 aromatic carbocycles. The van der Waals surface area contributed by atoms with Crippen molar-refractivity contribution in [3.8, 4) is 0 Å². The van der Waals surface area contributed by atoms with Gasteiger partial charge in [0.2, 0.25) is 0 Å². The topological polar surface area (TPSA) is 20.2 Å². The molecule has 0 aliphatic carbocycles. The Morgan fingerprint density at radius 1 is 1.88 bits per heavy atom. The summed E-state index contributed by atoms with van der Waals surface area (Å²) in [7, 11) is 0. The van der Waals surface area contributed by atoms with Gasteiger partial charge in [0, 0.05) is 5.75 Å². The molecule has 0 fully saturated rings. The maximum atomic E-state index is 8.80. The Hall–Kier alpha value is 0.0500. The summed E-state index contributed by atoms with van der Waals surface area (Å²) in [4.78, 5) is 0. The summed E-state index contributed by atoms with van der Waals surface area (Å²) < 4.78 is 0. The van der Waals surface area contributed by atoms with Crippen molar-refractivity contribution in [1.29, 1.82) is 0 Å². The fraction of sp³-hybridized carbons (Fsp3) is 0.500. The summed E-state index contributed by atoms with van der Waals surface area (Å²) in [5.41, 5.74) is -0.421. The first-order valence-corrected chi connectivity index (χ1v) is 3.53. The van der Waals surface area contributed by atoms with E-state index in [9.17, 15) is 0 Å². The maximum absolute atomic E-state index is 8.80. The highest BCUT2D eigenvalue weighted by molar-refractivity contribution is 8.01. The molecule has 1 atom stereocenters. The molecule has 0 saturated heterocycles. The second-order valence-electron chi connectivity index (χ2n) is 1.34. The first kappa shape index (κ1) is 8.05. The summed E-state index contributed by atoms with van der Waals surface area (Å²) in [6, 6.07) is 0. The van der Waals surface area contributed by atoms with Crippen LogP contribution in [0, 0.1) is 5.75 Å². The van der Waals surface area contributed by atoms with Crippen molar-refractivity contribution in [2.45, 2.75) is 18.8 Å². The van der Waals surface area contributed by atoms with Crippen LogP contribution in [0.5, 0.6) is 0 Å². The van der Waals surface area contributed by atoms with E-state index in [2.05, 4.69) is 6.58 Å². The molecule has 0 aliphatic heterocycles. The number of aliphatic hydroxyl groups is 1. The zero-order valence-electron chi connectivity index (χ0n) is 5.00. The number of hydrogen-bond donors (Lipinski definition) is 1. The van der Waals surface area contributed by atoms with Crippen LogP contribution < -0.4 is 0 Å². The Bertz CT molecular complexity index is 63.5. The molecule has 2 heteroatoms. The molecule has 8 heavy (non-hydrogen) atoms. The van der Waals surface area contributed by atoms with E-state index in [1.807, 2.05) is 12.7 Å². The molecule has 0 spiro atoms. The van der Waals surface area contributed by atoms with Crippen LogP contribution in [0.1, 0.15) is 13.3 Å². The van der Waals surface area contributed by atoms with Crippen LogP contribution in [0.2, 0.25) is 0 Å². The lowest BCUT2D eigenvalue weighted by atomic mass is 10.6. The van der Waals surface area contributed by atoms with Crippen LogP contribution in [-0.4, -0.2) is 10.5 Å². The van der Waals surface area contributed by atoms with Gasteiger partial charge in [-0.1, -0.05) is 19.6 Å². The fourth-order valence-corrected chi connectivity index (χ4v) is 0.751. The molecule has 0 amide bonds. The van der Waals surface area contributed by atoms with E-state index in [0.29, 0.717) is 0 Å². The standard InChI is InChI=1S/C6H11OS/c1-3-5-8-6(7)4-2/h4-7H,2-3H2,1H3. The van der Waals surface area contributed by atoms with Gasteiger partial charge >= 0.3 is 0 Å². The molecule has 0 saturated carbocycles. The Morgan fingerprint density at radius 2 is 2.50 bits per heavy atom. The lowest BCUT2D eigenvalue weighted by molar-refractivity contribution is 0.310. The predicted octanol–water partition coefficient (Wildman–Crippen LogP) is 1.80. The minimum Gasteiger partial charge on any atom is -0.379 e. The third-order valence-electron chi connectivity index (χ3n) is 0.604. The molecule has 0 aromatic heterocycles. The maximum Gasteiger partial charge on any atom is 0.118 e. The van der Waals surface area contributed by atoms with Crippen molar-refractivity contribution in [2.75, 3.05) is 0 Å². The number of thioether (sulfide) groups is 1. The van der Waals surface area contributed by atoms with Crippen LogP contribution in [-0.2, 0) is 0 Å². The highest BCUT2D eigenvalue weighted by Gasteiger charge is 1.93. The van der Waals surface area contributed by atoms with E-state index in [1.165, 1.54) is 17.8 Å². The smallest absolute Gasteiger partial charge is 0.118 e. The summed E-state index contributed by atoms with van der Waals surface area (Å²) in [6.07, 6.45) is 2.49. The normalized spacial score (nSPS) is 13.2. The van der Waals surface area contributed by atoms with Crippen molar-refractivity contribution in [3.63, 3.8) is 0 Å². The van der Waals surface area contributed by atoms with Crippen molar-refractivity contribution in [2.24, 2.45) is 0 Å². The van der Waals surface area contributed by atoms with E-state index in [4.69, 9.17) is 5.11 Å². The molecule has 0 aliphatic rings. The van der Waals surface area contributed by atoms with Gasteiger partial charge in [0.15, 0.2) is 0 Å². The first-order valence-electron chi connectivity index (χ1n) is 2.59. The van der Waals surface area contributed by atoms with Gasteiger partial charge in [0.05, 0.1) is 0 Å². The van der Waals surface area contributed by atoms with E-state index in [1.54, 1.807) is 0 Å². The van der Waals surface area contributed by atoms with Gasteiger partial charge in [0.25, 0.3) is 0 Å². The molecule has 1 N–H and O–H groups in total. The average molecular weight is 131 g/mol. The van der Waals surface area contributed by atoms with Crippen molar-refractivity contribution in [3.05, 3.63) is 18.4 Å². The molecule has 0 heterocycles. The fourth-order valence-electron chi connectivity index (χ4n) is 0.250. The SMILES string of the molecule is C=CC(O)S[CH]CC. The van der Waals surface area contributed by atoms with Crippen LogP contribution in [0.3, 0.4) is 0 Å². The zero-order chi connectivity index (χ0) is 6.41. The summed E-state index contributed by atoms with van der Waals surface area (Å²) in [5, 5.41) is 8.80. The Labute approximate surface area is 54.8 Å². The van der Waals surface area contributed by atoms with Crippen LogP contribution in [0.15, 0.2) is 12.7 Å². The van der Waals surface area contributed by atoms with Crippen molar-refractivity contribution in [1.82, 2.24) is 0 Å². The lowest BCUT2D eigenvalue weighted by Gasteiger charge is -1.99. The van der Waals surface area contributed by atoms with Gasteiger partial charge in [-0.3, -0.25) is 0 Å². The summed E-state index contributed by atoms with van der Waals surface area (Å²) in [5.74, 6) is 1.95. The minimum atomic E-state index is -0.421. The molecule has 0 rings (SSSR count). The number of rotatable bonds is 4. The highest BCUT2D eigenvalue weighted by Crippen LogP contribution is 2.13. The summed E-state index contributed by atoms with van der Waals surface area (Å²) >= 11 is 1.39. The van der Waals surface area contributed by atoms with Crippen LogP contribution >= 0.6 is 11.8 Å². The first-order chi connectivity index (χ1) is 3.81. The van der Waals surface area contributed by atoms with Gasteiger partial charge in [0.1, 0.15) is 5.44 Å². The van der Waals surface area contributed by atoms with E-state index in [0.717, 1.165) is 6.42 Å². The zero-order valence-corrected chi connectivity index (χ0v) is 5.82. The minimum absolute atomic E-state index is 0.421. The molecular formula is C6H11OS. The number of hydrogen-bond acceptors (Lipinski definition) is 2. The molecule has 47 valence electrons. The van der Waals surface area contributed by atoms with Gasteiger partial charge in [-0.2, -0.15) is 0 Å². The summed E-state index contributed by atoms with van der Waals surface area (Å²) in [6.45, 7) is 5.45. The third kappa shape index (κ3) is 4.22. The number of aliphatic hydroxyl groups excluding tert-OH is 1. The Kier molecular flexibility index (Phi) is 5.22. The highest BCUT2D eigenvalue weighted by atomic mass is 32.2. The van der Waals surface area contributed by atoms with Gasteiger partial charge in [-0.05, 0) is 6.42 Å². The van der Waals surface area contributed by atoms with E-state index >= 15 is 0 Å². The Balaban J connectivity index is 2.98. The lowest BCUT2D eigenvalue weighted by Crippen LogP contribution is -1.91. The van der Waals surface area contributed by atoms with Gasteiger partial charge < -0.3 is 5.11 Å². The quantitative estimate of drug-likeness (QED) is 0.463. The molecule has 0 bridgehead atoms. The predicted molar refractivity (Wildman–Crippen MR) is 38.4 cm³/mol. The van der Waals surface area contributed by atoms with Crippen LogP contribution in [0.4, 0.5) is 0 Å². The molecule has 1 unspecified atom stereocenters. The largest absolute Gasteiger partial charge is 0.379 e. The van der Waals surface area contributed by atoms with Crippen molar-refractivity contribution >= 4 is 11.8 Å². The van der Waals surface area contributed by atoms with E-state index in [-0.39, 0.29) is 0 Å². The molecule has 1 radical (unpaired) electrons. The second kappa shape index (κ2) is 5.19. The monoisotopic (exact) mass is 131 g/mol. The molecular weight excluding hydrogens is 120 g/mol. The molecule has 1 nitrogen and oxygen atoms in total. The van der Waals surface area contributed by atoms with E-state index < -0.39 is 5.44 Å². The van der Waals surface area contributed by atoms with Gasteiger partial charge in [-0.25, -0.2) is 0 Å². The second-order valence-corrected chi connectivity index (χ2v) is 2.43. The third-order valence-corrected chi connectivity index (χ3v) is 1.60. The van der Waals surface area contributed by atoms with Gasteiger partial charge in [-0.15, -0.1) is 11.8 Å². The molecule has 0 aromatic rings. The van der Waals surface area contributed by atoms with Crippen molar-refractivity contribution < 1.29 is 5.11 Å².